The topological polar surface area (TPSA) is 92.5 Å². The fourth-order valence-corrected chi connectivity index (χ4v) is 4.20. The van der Waals surface area contributed by atoms with Crippen molar-refractivity contribution in [2.24, 2.45) is 0 Å². The van der Waals surface area contributed by atoms with Gasteiger partial charge in [-0.15, -0.1) is 0 Å². The second kappa shape index (κ2) is 6.75. The molecule has 0 saturated heterocycles. The van der Waals surface area contributed by atoms with Gasteiger partial charge in [0.15, 0.2) is 5.76 Å². The standard InChI is InChI=1S/C18H23N3O4S/c1-11(2)17-16(12(3)20-25-17)18(22)19-14-8-7-13-6-5-9-21(15(13)10-14)26(4,23)24/h7-8,10-11H,5-6,9H2,1-4H3,(H,19,22). The van der Waals surface area contributed by atoms with Gasteiger partial charge in [0.05, 0.1) is 17.6 Å². The molecule has 0 spiro atoms. The van der Waals surface area contributed by atoms with Crippen LogP contribution in [0.1, 0.15) is 53.6 Å². The molecule has 2 aromatic rings. The fraction of sp³-hybridized carbons (Fsp3) is 0.444. The van der Waals surface area contributed by atoms with Gasteiger partial charge in [-0.2, -0.15) is 0 Å². The Kier molecular flexibility index (Phi) is 4.79. The molecule has 0 bridgehead atoms. The van der Waals surface area contributed by atoms with E-state index < -0.39 is 10.0 Å². The molecule has 0 saturated carbocycles. The minimum Gasteiger partial charge on any atom is -0.360 e. The minimum atomic E-state index is -3.36. The van der Waals surface area contributed by atoms with Gasteiger partial charge in [0.25, 0.3) is 5.91 Å². The van der Waals surface area contributed by atoms with E-state index >= 15 is 0 Å². The van der Waals surface area contributed by atoms with Crippen LogP contribution in [0.2, 0.25) is 0 Å². The molecule has 8 heteroatoms. The number of aryl methyl sites for hydroxylation is 2. The van der Waals surface area contributed by atoms with Crippen LogP contribution in [0.3, 0.4) is 0 Å². The number of carbonyl (C=O) groups excluding carboxylic acids is 1. The van der Waals surface area contributed by atoms with Crippen molar-refractivity contribution in [1.82, 2.24) is 5.16 Å². The molecule has 1 aromatic heterocycles. The highest BCUT2D eigenvalue weighted by Crippen LogP contribution is 2.32. The van der Waals surface area contributed by atoms with Crippen molar-refractivity contribution in [3.63, 3.8) is 0 Å². The zero-order valence-corrected chi connectivity index (χ0v) is 16.2. The maximum Gasteiger partial charge on any atom is 0.261 e. The Hall–Kier alpha value is -2.35. The summed E-state index contributed by atoms with van der Waals surface area (Å²) in [7, 11) is -3.36. The van der Waals surface area contributed by atoms with Crippen LogP contribution in [0.25, 0.3) is 0 Å². The summed E-state index contributed by atoms with van der Waals surface area (Å²) in [4.78, 5) is 12.7. The number of hydrogen-bond donors (Lipinski definition) is 1. The molecule has 1 aliphatic heterocycles. The number of anilines is 2. The second-order valence-electron chi connectivity index (χ2n) is 6.90. The molecule has 0 atom stereocenters. The lowest BCUT2D eigenvalue weighted by Crippen LogP contribution is -2.34. The lowest BCUT2D eigenvalue weighted by molar-refractivity contribution is 0.102. The highest BCUT2D eigenvalue weighted by Gasteiger charge is 2.26. The van der Waals surface area contributed by atoms with E-state index in [2.05, 4.69) is 10.5 Å². The first-order chi connectivity index (χ1) is 12.2. The maximum atomic E-state index is 12.7. The minimum absolute atomic E-state index is 0.0289. The van der Waals surface area contributed by atoms with Gasteiger partial charge in [0.2, 0.25) is 10.0 Å². The number of rotatable bonds is 4. The first-order valence-corrected chi connectivity index (χ1v) is 10.4. The van der Waals surface area contributed by atoms with Crippen LogP contribution in [-0.2, 0) is 16.4 Å². The molecule has 140 valence electrons. The van der Waals surface area contributed by atoms with Crippen LogP contribution in [0.4, 0.5) is 11.4 Å². The number of sulfonamides is 1. The summed E-state index contributed by atoms with van der Waals surface area (Å²) in [6, 6.07) is 5.37. The molecule has 0 aliphatic carbocycles. The third-order valence-electron chi connectivity index (χ3n) is 4.46. The van der Waals surface area contributed by atoms with Gasteiger partial charge in [-0.3, -0.25) is 9.10 Å². The predicted octanol–water partition coefficient (Wildman–Crippen LogP) is 3.07. The van der Waals surface area contributed by atoms with E-state index in [1.165, 1.54) is 10.6 Å². The Bertz CT molecular complexity index is 947. The molecule has 0 radical (unpaired) electrons. The fourth-order valence-electron chi connectivity index (χ4n) is 3.21. The van der Waals surface area contributed by atoms with Gasteiger partial charge in [-0.05, 0) is 37.5 Å². The van der Waals surface area contributed by atoms with E-state index in [1.54, 1.807) is 19.1 Å². The number of aromatic nitrogens is 1. The second-order valence-corrected chi connectivity index (χ2v) is 8.81. The lowest BCUT2D eigenvalue weighted by Gasteiger charge is -2.29. The Balaban J connectivity index is 1.93. The number of benzene rings is 1. The van der Waals surface area contributed by atoms with Gasteiger partial charge in [0, 0.05) is 18.2 Å². The smallest absolute Gasteiger partial charge is 0.261 e. The van der Waals surface area contributed by atoms with Crippen molar-refractivity contribution in [3.05, 3.63) is 40.8 Å². The van der Waals surface area contributed by atoms with Crippen molar-refractivity contribution in [1.29, 1.82) is 0 Å². The van der Waals surface area contributed by atoms with E-state index in [0.29, 0.717) is 34.9 Å². The zero-order valence-electron chi connectivity index (χ0n) is 15.4. The molecule has 7 nitrogen and oxygen atoms in total. The van der Waals surface area contributed by atoms with Crippen LogP contribution in [-0.4, -0.2) is 32.3 Å². The van der Waals surface area contributed by atoms with E-state index in [1.807, 2.05) is 19.9 Å². The van der Waals surface area contributed by atoms with E-state index in [9.17, 15) is 13.2 Å². The van der Waals surface area contributed by atoms with Crippen LogP contribution in [0.5, 0.6) is 0 Å². The van der Waals surface area contributed by atoms with E-state index in [-0.39, 0.29) is 11.8 Å². The number of fused-ring (bicyclic) bond motifs is 1. The van der Waals surface area contributed by atoms with Gasteiger partial charge in [0.1, 0.15) is 5.56 Å². The first-order valence-electron chi connectivity index (χ1n) is 8.56. The molecule has 1 aliphatic rings. The molecular formula is C18H23N3O4S. The van der Waals surface area contributed by atoms with Crippen molar-refractivity contribution in [3.8, 4) is 0 Å². The average molecular weight is 377 g/mol. The molecular weight excluding hydrogens is 354 g/mol. The number of hydrogen-bond acceptors (Lipinski definition) is 5. The van der Waals surface area contributed by atoms with Crippen molar-refractivity contribution >= 4 is 27.3 Å². The third kappa shape index (κ3) is 3.46. The molecule has 26 heavy (non-hydrogen) atoms. The quantitative estimate of drug-likeness (QED) is 0.884. The van der Waals surface area contributed by atoms with Crippen molar-refractivity contribution < 1.29 is 17.7 Å². The molecule has 1 N–H and O–H groups in total. The summed E-state index contributed by atoms with van der Waals surface area (Å²) in [5.74, 6) is 0.256. The normalized spacial score (nSPS) is 14.4. The Labute approximate surface area is 153 Å². The summed E-state index contributed by atoms with van der Waals surface area (Å²) in [5.41, 5.74) is 3.09. The lowest BCUT2D eigenvalue weighted by atomic mass is 10.0. The number of nitrogens with zero attached hydrogens (tertiary/aromatic N) is 2. The average Bonchev–Trinajstić information content (AvgIpc) is 2.95. The number of carbonyl (C=O) groups is 1. The molecule has 3 rings (SSSR count). The van der Waals surface area contributed by atoms with Gasteiger partial charge >= 0.3 is 0 Å². The highest BCUT2D eigenvalue weighted by atomic mass is 32.2. The summed E-state index contributed by atoms with van der Waals surface area (Å²) in [6.07, 6.45) is 2.80. The Morgan fingerprint density at radius 2 is 2.08 bits per heavy atom. The molecule has 0 unspecified atom stereocenters. The number of nitrogens with one attached hydrogen (secondary N) is 1. The zero-order chi connectivity index (χ0) is 19.1. The third-order valence-corrected chi connectivity index (χ3v) is 5.64. The SMILES string of the molecule is Cc1noc(C(C)C)c1C(=O)Nc1ccc2c(c1)N(S(C)(=O)=O)CCC2. The summed E-state index contributed by atoms with van der Waals surface area (Å²) >= 11 is 0. The van der Waals surface area contributed by atoms with Gasteiger partial charge in [-0.25, -0.2) is 8.42 Å². The van der Waals surface area contributed by atoms with Gasteiger partial charge in [-0.1, -0.05) is 25.1 Å². The van der Waals surface area contributed by atoms with E-state index in [4.69, 9.17) is 4.52 Å². The van der Waals surface area contributed by atoms with Crippen LogP contribution in [0.15, 0.2) is 22.7 Å². The largest absolute Gasteiger partial charge is 0.360 e. The summed E-state index contributed by atoms with van der Waals surface area (Å²) in [6.45, 7) is 6.03. The molecule has 1 aromatic carbocycles. The molecule has 2 heterocycles. The van der Waals surface area contributed by atoms with Crippen LogP contribution < -0.4 is 9.62 Å². The monoisotopic (exact) mass is 377 g/mol. The Morgan fingerprint density at radius 1 is 1.35 bits per heavy atom. The van der Waals surface area contributed by atoms with Crippen molar-refractivity contribution in [2.45, 2.75) is 39.5 Å². The van der Waals surface area contributed by atoms with Crippen molar-refractivity contribution in [2.75, 3.05) is 22.4 Å². The first kappa shape index (κ1) is 18.4. The van der Waals surface area contributed by atoms with Gasteiger partial charge < -0.3 is 9.84 Å². The number of amides is 1. The summed E-state index contributed by atoms with van der Waals surface area (Å²) < 4.78 is 30.8. The van der Waals surface area contributed by atoms with Crippen LogP contribution >= 0.6 is 0 Å². The predicted molar refractivity (Wildman–Crippen MR) is 100 cm³/mol. The maximum absolute atomic E-state index is 12.7. The van der Waals surface area contributed by atoms with Crippen LogP contribution in [0, 0.1) is 6.92 Å². The summed E-state index contributed by atoms with van der Waals surface area (Å²) in [5, 5.41) is 6.73. The Morgan fingerprint density at radius 3 is 2.73 bits per heavy atom. The molecule has 1 amide bonds. The van der Waals surface area contributed by atoms with E-state index in [0.717, 1.165) is 18.4 Å². The molecule has 0 fully saturated rings. The highest BCUT2D eigenvalue weighted by molar-refractivity contribution is 7.92.